The number of carbonyl (C=O) groups is 1. The fourth-order valence-electron chi connectivity index (χ4n) is 4.81. The molecule has 198 valence electrons. The highest BCUT2D eigenvalue weighted by atomic mass is 19.1. The third-order valence-electron chi connectivity index (χ3n) is 6.57. The number of para-hydroxylation sites is 1. The first kappa shape index (κ1) is 25.9. The molecule has 1 aliphatic rings. The van der Waals surface area contributed by atoms with Gasteiger partial charge in [0.25, 0.3) is 5.91 Å². The van der Waals surface area contributed by atoms with E-state index in [4.69, 9.17) is 15.6 Å². The number of likely N-dealkylation sites (tertiary alicyclic amines) is 1. The molecule has 9 nitrogen and oxygen atoms in total. The van der Waals surface area contributed by atoms with E-state index in [-0.39, 0.29) is 34.8 Å². The minimum Gasteiger partial charge on any atom is -0.457 e. The number of anilines is 1. The van der Waals surface area contributed by atoms with E-state index in [1.807, 2.05) is 38.1 Å². The van der Waals surface area contributed by atoms with Crippen molar-refractivity contribution in [1.82, 2.24) is 24.6 Å². The second-order valence-electron chi connectivity index (χ2n) is 9.79. The molecular formula is C29H28FN7O2. The van der Waals surface area contributed by atoms with E-state index in [1.54, 1.807) is 39.9 Å². The van der Waals surface area contributed by atoms with E-state index in [0.29, 0.717) is 47.7 Å². The summed E-state index contributed by atoms with van der Waals surface area (Å²) in [6.45, 7) is 4.71. The number of allylic oxidation sites excluding steroid dienone is 1. The number of hydrogen-bond donors (Lipinski definition) is 1. The largest absolute Gasteiger partial charge is 0.457 e. The molecule has 1 fully saturated rings. The summed E-state index contributed by atoms with van der Waals surface area (Å²) < 4.78 is 22.9. The summed E-state index contributed by atoms with van der Waals surface area (Å²) in [7, 11) is 0. The molecular weight excluding hydrogens is 497 g/mol. The van der Waals surface area contributed by atoms with Gasteiger partial charge in [-0.3, -0.25) is 4.79 Å². The van der Waals surface area contributed by atoms with Crippen molar-refractivity contribution in [2.24, 2.45) is 5.92 Å². The maximum atomic E-state index is 15.4. The van der Waals surface area contributed by atoms with Crippen LogP contribution >= 0.6 is 0 Å². The summed E-state index contributed by atoms with van der Waals surface area (Å²) in [6.07, 6.45) is 4.47. The minimum atomic E-state index is -0.531. The molecule has 4 aromatic rings. The molecule has 0 aliphatic carbocycles. The Balaban J connectivity index is 1.49. The van der Waals surface area contributed by atoms with Gasteiger partial charge in [0, 0.05) is 24.7 Å². The molecule has 0 saturated carbocycles. The third-order valence-corrected chi connectivity index (χ3v) is 6.57. The fourth-order valence-corrected chi connectivity index (χ4v) is 4.81. The normalized spacial score (nSPS) is 15.9. The molecule has 0 spiro atoms. The molecule has 2 aromatic heterocycles. The second kappa shape index (κ2) is 10.9. The third kappa shape index (κ3) is 5.29. The van der Waals surface area contributed by atoms with Gasteiger partial charge >= 0.3 is 0 Å². The molecule has 0 radical (unpaired) electrons. The number of hydrogen-bond acceptors (Lipinski definition) is 7. The number of nitrogens with zero attached hydrogens (tertiary/aromatic N) is 6. The summed E-state index contributed by atoms with van der Waals surface area (Å²) in [4.78, 5) is 23.3. The Hall–Kier alpha value is -4.78. The summed E-state index contributed by atoms with van der Waals surface area (Å²) in [6, 6.07) is 15.5. The first-order chi connectivity index (χ1) is 18.9. The lowest BCUT2D eigenvalue weighted by Crippen LogP contribution is -2.41. The van der Waals surface area contributed by atoms with Crippen molar-refractivity contribution in [2.45, 2.75) is 32.7 Å². The number of fused-ring (bicyclic) bond motifs is 1. The van der Waals surface area contributed by atoms with E-state index < -0.39 is 5.82 Å². The Morgan fingerprint density at radius 1 is 1.21 bits per heavy atom. The van der Waals surface area contributed by atoms with E-state index >= 15 is 4.39 Å². The highest BCUT2D eigenvalue weighted by Crippen LogP contribution is 2.36. The zero-order chi connectivity index (χ0) is 27.5. The van der Waals surface area contributed by atoms with Crippen LogP contribution in [0.25, 0.3) is 22.3 Å². The molecule has 1 aliphatic heterocycles. The van der Waals surface area contributed by atoms with Gasteiger partial charge in [0.05, 0.1) is 11.4 Å². The zero-order valence-corrected chi connectivity index (χ0v) is 21.7. The number of carbonyl (C=O) groups excluding carboxylic acids is 1. The topological polar surface area (TPSA) is 123 Å². The first-order valence-electron chi connectivity index (χ1n) is 12.8. The predicted molar refractivity (Wildman–Crippen MR) is 145 cm³/mol. The summed E-state index contributed by atoms with van der Waals surface area (Å²) in [5.41, 5.74) is 7.37. The summed E-state index contributed by atoms with van der Waals surface area (Å²) >= 11 is 0. The van der Waals surface area contributed by atoms with Crippen molar-refractivity contribution < 1.29 is 13.9 Å². The van der Waals surface area contributed by atoms with Crippen LogP contribution < -0.4 is 10.5 Å². The molecule has 39 heavy (non-hydrogen) atoms. The summed E-state index contributed by atoms with van der Waals surface area (Å²) in [5, 5.41) is 14.7. The Labute approximate surface area is 225 Å². The Kier molecular flexibility index (Phi) is 7.23. The van der Waals surface area contributed by atoms with Crippen LogP contribution in [-0.2, 0) is 4.79 Å². The van der Waals surface area contributed by atoms with Crippen LogP contribution in [0.3, 0.4) is 0 Å². The number of amides is 1. The molecule has 1 atom stereocenters. The fraction of sp³-hybridized carbons (Fsp3) is 0.276. The van der Waals surface area contributed by atoms with E-state index in [1.165, 1.54) is 12.4 Å². The molecule has 2 aromatic carbocycles. The summed E-state index contributed by atoms with van der Waals surface area (Å²) in [5.74, 6) is 0.357. The number of rotatable bonds is 6. The molecule has 1 saturated heterocycles. The smallest absolute Gasteiger partial charge is 0.264 e. The number of nitriles is 1. The van der Waals surface area contributed by atoms with Crippen molar-refractivity contribution in [3.63, 3.8) is 0 Å². The van der Waals surface area contributed by atoms with Crippen molar-refractivity contribution in [3.05, 3.63) is 72.3 Å². The molecule has 10 heteroatoms. The molecule has 1 unspecified atom stereocenters. The molecule has 1 amide bonds. The lowest BCUT2D eigenvalue weighted by atomic mass is 10.0. The second-order valence-corrected chi connectivity index (χ2v) is 9.79. The van der Waals surface area contributed by atoms with Crippen LogP contribution in [0.1, 0.15) is 32.7 Å². The van der Waals surface area contributed by atoms with Gasteiger partial charge in [-0.2, -0.15) is 10.4 Å². The highest BCUT2D eigenvalue weighted by Gasteiger charge is 2.30. The van der Waals surface area contributed by atoms with E-state index in [0.717, 1.165) is 6.42 Å². The number of halogens is 1. The zero-order valence-electron chi connectivity index (χ0n) is 21.7. The monoisotopic (exact) mass is 525 g/mol. The van der Waals surface area contributed by atoms with Crippen LogP contribution in [-0.4, -0.2) is 43.6 Å². The van der Waals surface area contributed by atoms with Gasteiger partial charge in [0.1, 0.15) is 46.8 Å². The Morgan fingerprint density at radius 2 is 2.00 bits per heavy atom. The maximum Gasteiger partial charge on any atom is 0.264 e. The van der Waals surface area contributed by atoms with E-state index in [2.05, 4.69) is 9.97 Å². The Morgan fingerprint density at radius 3 is 2.72 bits per heavy atom. The van der Waals surface area contributed by atoms with Gasteiger partial charge in [-0.15, -0.1) is 0 Å². The average Bonchev–Trinajstić information content (AvgIpc) is 3.33. The minimum absolute atomic E-state index is 0.0702. The van der Waals surface area contributed by atoms with Gasteiger partial charge in [-0.05, 0) is 43.0 Å². The maximum absolute atomic E-state index is 15.4. The number of ether oxygens (including phenoxy) is 1. The first-order valence-corrected chi connectivity index (χ1v) is 12.8. The Bertz CT molecular complexity index is 1590. The van der Waals surface area contributed by atoms with Crippen LogP contribution in [0.15, 0.2) is 66.5 Å². The highest BCUT2D eigenvalue weighted by molar-refractivity contribution is 5.99. The van der Waals surface area contributed by atoms with Gasteiger partial charge in [0.2, 0.25) is 0 Å². The number of aromatic nitrogens is 4. The van der Waals surface area contributed by atoms with Crippen LogP contribution in [0.2, 0.25) is 0 Å². The van der Waals surface area contributed by atoms with Gasteiger partial charge in [-0.1, -0.05) is 38.1 Å². The lowest BCUT2D eigenvalue weighted by Gasteiger charge is -2.33. The molecule has 0 bridgehead atoms. The molecule has 5 rings (SSSR count). The van der Waals surface area contributed by atoms with E-state index in [9.17, 15) is 10.1 Å². The number of nitrogens with two attached hydrogens (primary N) is 1. The van der Waals surface area contributed by atoms with Gasteiger partial charge < -0.3 is 15.4 Å². The van der Waals surface area contributed by atoms with Crippen LogP contribution in [0, 0.1) is 23.1 Å². The molecule has 3 heterocycles. The van der Waals surface area contributed by atoms with Crippen LogP contribution in [0.5, 0.6) is 11.5 Å². The van der Waals surface area contributed by atoms with Gasteiger partial charge in [0.15, 0.2) is 5.65 Å². The van der Waals surface area contributed by atoms with Gasteiger partial charge in [-0.25, -0.2) is 19.0 Å². The molecule has 2 N–H and O–H groups in total. The van der Waals surface area contributed by atoms with Crippen molar-refractivity contribution in [3.8, 4) is 28.8 Å². The SMILES string of the molecule is CC(C)C=C(C#N)C(=O)N1CCCC(n2nc(-c3ccc(Oc4ccccc4)cc3F)c3c(N)ncnc32)C1. The average molecular weight is 526 g/mol. The lowest BCUT2D eigenvalue weighted by molar-refractivity contribution is -0.128. The van der Waals surface area contributed by atoms with Crippen molar-refractivity contribution in [2.75, 3.05) is 18.8 Å². The standard InChI is InChI=1S/C29H28FN7O2/c1-18(2)13-19(15-31)29(38)36-12-6-7-20(16-36)37-28-25(27(32)33-17-34-28)26(35-37)23-11-10-22(14-24(23)30)39-21-8-4-3-5-9-21/h3-5,8-11,13-14,17-18,20H,6-7,12,16H2,1-2H3,(H2,32,33,34). The number of piperidine rings is 1. The predicted octanol–water partition coefficient (Wildman–Crippen LogP) is 5.28. The number of benzene rings is 2. The number of nitrogen functional groups attached to an aromatic ring is 1. The van der Waals surface area contributed by atoms with Crippen molar-refractivity contribution in [1.29, 1.82) is 5.26 Å². The van der Waals surface area contributed by atoms with Crippen LogP contribution in [0.4, 0.5) is 10.2 Å². The van der Waals surface area contributed by atoms with Crippen molar-refractivity contribution >= 4 is 22.8 Å². The quantitative estimate of drug-likeness (QED) is 0.268.